The Morgan fingerprint density at radius 1 is 1.19 bits per heavy atom. The van der Waals surface area contributed by atoms with Crippen molar-refractivity contribution in [3.8, 4) is 0 Å². The summed E-state index contributed by atoms with van der Waals surface area (Å²) in [5, 5.41) is 0.409. The zero-order valence-corrected chi connectivity index (χ0v) is 13.3. The van der Waals surface area contributed by atoms with Crippen LogP contribution in [-0.4, -0.2) is 41.5 Å². The van der Waals surface area contributed by atoms with Gasteiger partial charge in [-0.05, 0) is 51.2 Å². The summed E-state index contributed by atoms with van der Waals surface area (Å²) >= 11 is 6.15. The van der Waals surface area contributed by atoms with Crippen molar-refractivity contribution in [2.45, 2.75) is 45.1 Å². The number of halogens is 1. The van der Waals surface area contributed by atoms with E-state index >= 15 is 0 Å². The molecule has 5 heteroatoms. The number of likely N-dealkylation sites (tertiary alicyclic amines) is 1. The summed E-state index contributed by atoms with van der Waals surface area (Å²) in [5.74, 6) is 0.931. The van der Waals surface area contributed by atoms with Gasteiger partial charge in [-0.3, -0.25) is 4.79 Å². The number of pyridine rings is 1. The van der Waals surface area contributed by atoms with E-state index in [0.717, 1.165) is 38.3 Å². The molecule has 1 aromatic rings. The number of hydrogen-bond acceptors (Lipinski definition) is 3. The molecule has 0 radical (unpaired) electrons. The molecule has 0 N–H and O–H groups in total. The largest absolute Gasteiger partial charge is 0.354 e. The highest BCUT2D eigenvalue weighted by Crippen LogP contribution is 2.27. The molecule has 2 aliphatic heterocycles. The molecule has 2 fully saturated rings. The number of nitrogens with zero attached hydrogens (tertiary/aromatic N) is 3. The van der Waals surface area contributed by atoms with Crippen molar-refractivity contribution in [1.82, 2.24) is 9.88 Å². The third-order valence-corrected chi connectivity index (χ3v) is 4.71. The molecule has 21 heavy (non-hydrogen) atoms. The zero-order chi connectivity index (χ0) is 14.8. The number of carbonyl (C=O) groups excluding carboxylic acids is 1. The van der Waals surface area contributed by atoms with E-state index < -0.39 is 0 Å². The van der Waals surface area contributed by atoms with Crippen LogP contribution in [0.3, 0.4) is 0 Å². The average Bonchev–Trinajstić information content (AvgIpc) is 2.93. The van der Waals surface area contributed by atoms with E-state index in [1.165, 1.54) is 19.3 Å². The summed E-state index contributed by atoms with van der Waals surface area (Å²) in [5.41, 5.74) is 0.672. The number of carbonyl (C=O) groups is 1. The summed E-state index contributed by atoms with van der Waals surface area (Å²) in [6, 6.07) is 4.07. The van der Waals surface area contributed by atoms with E-state index in [0.29, 0.717) is 16.8 Å². The van der Waals surface area contributed by atoms with Gasteiger partial charge in [0.15, 0.2) is 0 Å². The molecule has 0 spiro atoms. The molecule has 4 nitrogen and oxygen atoms in total. The lowest BCUT2D eigenvalue weighted by atomic mass is 10.1. The maximum Gasteiger partial charge on any atom is 0.254 e. The Morgan fingerprint density at radius 2 is 1.95 bits per heavy atom. The Morgan fingerprint density at radius 3 is 2.62 bits per heavy atom. The van der Waals surface area contributed by atoms with Crippen LogP contribution in [-0.2, 0) is 0 Å². The van der Waals surface area contributed by atoms with Gasteiger partial charge in [0, 0.05) is 31.2 Å². The molecule has 0 saturated carbocycles. The number of rotatable bonds is 2. The van der Waals surface area contributed by atoms with Crippen molar-refractivity contribution in [3.63, 3.8) is 0 Å². The van der Waals surface area contributed by atoms with Gasteiger partial charge in [-0.15, -0.1) is 0 Å². The van der Waals surface area contributed by atoms with Crippen molar-refractivity contribution in [2.24, 2.45) is 0 Å². The minimum atomic E-state index is 0.0899. The molecule has 1 atom stereocenters. The highest BCUT2D eigenvalue weighted by atomic mass is 35.5. The van der Waals surface area contributed by atoms with E-state index in [2.05, 4.69) is 16.8 Å². The molecular formula is C16H22ClN3O. The number of aromatic nitrogens is 1. The van der Waals surface area contributed by atoms with Gasteiger partial charge in [0.25, 0.3) is 5.91 Å². The summed E-state index contributed by atoms with van der Waals surface area (Å²) in [6.45, 7) is 4.90. The SMILES string of the molecule is C[C@@H]1CCCN1c1cc(C(=O)N2CCCCC2)cc(Cl)n1. The lowest BCUT2D eigenvalue weighted by Crippen LogP contribution is -2.36. The number of anilines is 1. The molecule has 0 aromatic carbocycles. The van der Waals surface area contributed by atoms with E-state index in [4.69, 9.17) is 11.6 Å². The van der Waals surface area contributed by atoms with Crippen LogP contribution in [0.4, 0.5) is 5.82 Å². The van der Waals surface area contributed by atoms with Crippen LogP contribution in [0.25, 0.3) is 0 Å². The Balaban J connectivity index is 1.85. The van der Waals surface area contributed by atoms with Crippen LogP contribution >= 0.6 is 11.6 Å². The molecule has 2 saturated heterocycles. The van der Waals surface area contributed by atoms with Gasteiger partial charge in [0.1, 0.15) is 11.0 Å². The van der Waals surface area contributed by atoms with E-state index in [1.807, 2.05) is 11.0 Å². The van der Waals surface area contributed by atoms with Crippen molar-refractivity contribution in [2.75, 3.05) is 24.5 Å². The van der Waals surface area contributed by atoms with Gasteiger partial charge in [0.05, 0.1) is 0 Å². The first-order valence-corrected chi connectivity index (χ1v) is 8.26. The lowest BCUT2D eigenvalue weighted by Gasteiger charge is -2.28. The molecule has 0 aliphatic carbocycles. The van der Waals surface area contributed by atoms with Crippen LogP contribution in [0.1, 0.15) is 49.4 Å². The molecule has 0 unspecified atom stereocenters. The van der Waals surface area contributed by atoms with Gasteiger partial charge < -0.3 is 9.80 Å². The summed E-state index contributed by atoms with van der Waals surface area (Å²) in [6.07, 6.45) is 5.76. The second kappa shape index (κ2) is 6.22. The molecule has 1 amide bonds. The maximum atomic E-state index is 12.6. The van der Waals surface area contributed by atoms with Crippen LogP contribution in [0.2, 0.25) is 5.15 Å². The normalized spacial score (nSPS) is 22.7. The van der Waals surface area contributed by atoms with Gasteiger partial charge in [-0.2, -0.15) is 0 Å². The number of hydrogen-bond donors (Lipinski definition) is 0. The summed E-state index contributed by atoms with van der Waals surface area (Å²) in [4.78, 5) is 21.2. The van der Waals surface area contributed by atoms with E-state index in [-0.39, 0.29) is 5.91 Å². The Labute approximate surface area is 131 Å². The van der Waals surface area contributed by atoms with Crippen LogP contribution in [0.15, 0.2) is 12.1 Å². The zero-order valence-electron chi connectivity index (χ0n) is 12.5. The Kier molecular flexibility index (Phi) is 4.34. The predicted molar refractivity (Wildman–Crippen MR) is 85.0 cm³/mol. The average molecular weight is 308 g/mol. The first kappa shape index (κ1) is 14.6. The smallest absolute Gasteiger partial charge is 0.254 e. The van der Waals surface area contributed by atoms with Crippen molar-refractivity contribution in [3.05, 3.63) is 22.8 Å². The molecular weight excluding hydrogens is 286 g/mol. The molecule has 114 valence electrons. The molecule has 3 rings (SSSR count). The van der Waals surface area contributed by atoms with E-state index in [9.17, 15) is 4.79 Å². The summed E-state index contributed by atoms with van der Waals surface area (Å²) in [7, 11) is 0. The standard InChI is InChI=1S/C16H22ClN3O/c1-12-6-5-9-20(12)15-11-13(10-14(17)18-15)16(21)19-7-3-2-4-8-19/h10-12H,2-9H2,1H3/t12-/m1/s1. The van der Waals surface area contributed by atoms with Crippen LogP contribution in [0.5, 0.6) is 0 Å². The second-order valence-corrected chi connectivity index (χ2v) is 6.46. The van der Waals surface area contributed by atoms with Gasteiger partial charge in [-0.25, -0.2) is 4.98 Å². The van der Waals surface area contributed by atoms with Gasteiger partial charge >= 0.3 is 0 Å². The van der Waals surface area contributed by atoms with Crippen molar-refractivity contribution in [1.29, 1.82) is 0 Å². The predicted octanol–water partition coefficient (Wildman–Crippen LogP) is 3.35. The fourth-order valence-electron chi connectivity index (χ4n) is 3.31. The first-order chi connectivity index (χ1) is 10.1. The number of piperidine rings is 1. The fraction of sp³-hybridized carbons (Fsp3) is 0.625. The first-order valence-electron chi connectivity index (χ1n) is 7.88. The maximum absolute atomic E-state index is 12.6. The Bertz CT molecular complexity index is 528. The van der Waals surface area contributed by atoms with Gasteiger partial charge in [-0.1, -0.05) is 11.6 Å². The third kappa shape index (κ3) is 3.15. The minimum Gasteiger partial charge on any atom is -0.354 e. The fourth-order valence-corrected chi connectivity index (χ4v) is 3.51. The van der Waals surface area contributed by atoms with Crippen LogP contribution in [0, 0.1) is 0 Å². The highest BCUT2D eigenvalue weighted by Gasteiger charge is 2.24. The quantitative estimate of drug-likeness (QED) is 0.786. The van der Waals surface area contributed by atoms with Crippen molar-refractivity contribution < 1.29 is 4.79 Å². The molecule has 1 aromatic heterocycles. The molecule has 2 aliphatic rings. The lowest BCUT2D eigenvalue weighted by molar-refractivity contribution is 0.0724. The third-order valence-electron chi connectivity index (χ3n) is 4.52. The number of amides is 1. The molecule has 3 heterocycles. The monoisotopic (exact) mass is 307 g/mol. The highest BCUT2D eigenvalue weighted by molar-refractivity contribution is 6.29. The van der Waals surface area contributed by atoms with E-state index in [1.54, 1.807) is 6.07 Å². The molecule has 0 bridgehead atoms. The Hall–Kier alpha value is -1.29. The van der Waals surface area contributed by atoms with Gasteiger partial charge in [0.2, 0.25) is 0 Å². The van der Waals surface area contributed by atoms with Crippen LogP contribution < -0.4 is 4.90 Å². The topological polar surface area (TPSA) is 36.4 Å². The second-order valence-electron chi connectivity index (χ2n) is 6.07. The van der Waals surface area contributed by atoms with Crippen molar-refractivity contribution >= 4 is 23.3 Å². The summed E-state index contributed by atoms with van der Waals surface area (Å²) < 4.78 is 0. The minimum absolute atomic E-state index is 0.0899.